The van der Waals surface area contributed by atoms with Crippen LogP contribution >= 0.6 is 0 Å². The SMILES string of the molecule is O=C(Nc1ccccc1C(F)(F)F)c1cc2ccccc2[nH]1. The summed E-state index contributed by atoms with van der Waals surface area (Å²) in [5, 5.41) is 3.12. The Labute approximate surface area is 123 Å². The van der Waals surface area contributed by atoms with Crippen molar-refractivity contribution in [3.8, 4) is 0 Å². The van der Waals surface area contributed by atoms with Gasteiger partial charge in [-0.1, -0.05) is 30.3 Å². The Morgan fingerprint density at radius 3 is 2.41 bits per heavy atom. The zero-order valence-electron chi connectivity index (χ0n) is 11.2. The summed E-state index contributed by atoms with van der Waals surface area (Å²) in [5.41, 5.74) is -0.187. The third kappa shape index (κ3) is 2.67. The number of carbonyl (C=O) groups excluding carboxylic acids is 1. The number of H-pyrrole nitrogens is 1. The van der Waals surface area contributed by atoms with Gasteiger partial charge in [0, 0.05) is 10.9 Å². The van der Waals surface area contributed by atoms with E-state index >= 15 is 0 Å². The van der Waals surface area contributed by atoms with Crippen LogP contribution in [-0.2, 0) is 6.18 Å². The smallest absolute Gasteiger partial charge is 0.351 e. The number of anilines is 1. The minimum Gasteiger partial charge on any atom is -0.351 e. The van der Waals surface area contributed by atoms with Crippen LogP contribution in [0.15, 0.2) is 54.6 Å². The third-order valence-corrected chi connectivity index (χ3v) is 3.26. The number of benzene rings is 2. The second-order valence-electron chi connectivity index (χ2n) is 4.77. The van der Waals surface area contributed by atoms with E-state index in [4.69, 9.17) is 0 Å². The topological polar surface area (TPSA) is 44.9 Å². The number of amides is 1. The molecular weight excluding hydrogens is 293 g/mol. The van der Waals surface area contributed by atoms with Crippen molar-refractivity contribution in [1.29, 1.82) is 0 Å². The largest absolute Gasteiger partial charge is 0.418 e. The van der Waals surface area contributed by atoms with Gasteiger partial charge in [0.15, 0.2) is 0 Å². The molecule has 1 heterocycles. The fourth-order valence-corrected chi connectivity index (χ4v) is 2.22. The molecule has 0 aliphatic heterocycles. The van der Waals surface area contributed by atoms with Crippen molar-refractivity contribution in [3.05, 3.63) is 65.9 Å². The molecule has 1 aromatic heterocycles. The number of aromatic nitrogens is 1. The van der Waals surface area contributed by atoms with Crippen molar-refractivity contribution >= 4 is 22.5 Å². The Morgan fingerprint density at radius 2 is 1.68 bits per heavy atom. The number of rotatable bonds is 2. The van der Waals surface area contributed by atoms with E-state index in [0.717, 1.165) is 17.0 Å². The van der Waals surface area contributed by atoms with Gasteiger partial charge in [0.1, 0.15) is 5.69 Å². The van der Waals surface area contributed by atoms with Gasteiger partial charge >= 0.3 is 6.18 Å². The molecule has 0 aliphatic carbocycles. The second kappa shape index (κ2) is 5.22. The first-order valence-electron chi connectivity index (χ1n) is 6.50. The summed E-state index contributed by atoms with van der Waals surface area (Å²) in [6.45, 7) is 0. The fraction of sp³-hybridized carbons (Fsp3) is 0.0625. The minimum atomic E-state index is -4.52. The average Bonchev–Trinajstić information content (AvgIpc) is 2.90. The molecule has 0 bridgehead atoms. The molecule has 2 aromatic carbocycles. The van der Waals surface area contributed by atoms with Gasteiger partial charge in [0.25, 0.3) is 5.91 Å². The van der Waals surface area contributed by atoms with Crippen LogP contribution in [0.1, 0.15) is 16.1 Å². The maximum Gasteiger partial charge on any atom is 0.418 e. The van der Waals surface area contributed by atoms with Crippen molar-refractivity contribution < 1.29 is 18.0 Å². The summed E-state index contributed by atoms with van der Waals surface area (Å²) in [6, 6.07) is 13.7. The van der Waals surface area contributed by atoms with Gasteiger partial charge in [0.2, 0.25) is 0 Å². The number of nitrogens with one attached hydrogen (secondary N) is 2. The van der Waals surface area contributed by atoms with Crippen LogP contribution in [0.5, 0.6) is 0 Å². The molecule has 0 radical (unpaired) electrons. The first kappa shape index (κ1) is 14.2. The Morgan fingerprint density at radius 1 is 1.00 bits per heavy atom. The van der Waals surface area contributed by atoms with E-state index in [0.29, 0.717) is 0 Å². The molecule has 1 amide bonds. The highest BCUT2D eigenvalue weighted by atomic mass is 19.4. The highest BCUT2D eigenvalue weighted by molar-refractivity contribution is 6.06. The molecule has 2 N–H and O–H groups in total. The van der Waals surface area contributed by atoms with Crippen molar-refractivity contribution in [3.63, 3.8) is 0 Å². The number of fused-ring (bicyclic) bond motifs is 1. The number of hydrogen-bond acceptors (Lipinski definition) is 1. The van der Waals surface area contributed by atoms with Crippen LogP contribution < -0.4 is 5.32 Å². The summed E-state index contributed by atoms with van der Waals surface area (Å²) in [6.07, 6.45) is -4.52. The number of alkyl halides is 3. The zero-order chi connectivity index (χ0) is 15.7. The van der Waals surface area contributed by atoms with E-state index in [-0.39, 0.29) is 11.4 Å². The van der Waals surface area contributed by atoms with Gasteiger partial charge in [-0.3, -0.25) is 4.79 Å². The minimum absolute atomic E-state index is 0.207. The lowest BCUT2D eigenvalue weighted by Gasteiger charge is -2.12. The predicted octanol–water partition coefficient (Wildman–Crippen LogP) is 4.44. The van der Waals surface area contributed by atoms with E-state index in [1.54, 1.807) is 18.2 Å². The molecule has 3 rings (SSSR count). The predicted molar refractivity (Wildman–Crippen MR) is 77.7 cm³/mol. The fourth-order valence-electron chi connectivity index (χ4n) is 2.22. The normalized spacial score (nSPS) is 11.6. The molecule has 22 heavy (non-hydrogen) atoms. The molecule has 3 aromatic rings. The molecule has 3 nitrogen and oxygen atoms in total. The zero-order valence-corrected chi connectivity index (χ0v) is 11.2. The highest BCUT2D eigenvalue weighted by Crippen LogP contribution is 2.34. The first-order valence-corrected chi connectivity index (χ1v) is 6.50. The quantitative estimate of drug-likeness (QED) is 0.722. The molecule has 0 saturated carbocycles. The third-order valence-electron chi connectivity index (χ3n) is 3.26. The van der Waals surface area contributed by atoms with Crippen molar-refractivity contribution in [2.24, 2.45) is 0 Å². The summed E-state index contributed by atoms with van der Waals surface area (Å²) < 4.78 is 38.7. The average molecular weight is 304 g/mol. The Kier molecular flexibility index (Phi) is 3.36. The molecule has 0 fully saturated rings. The van der Waals surface area contributed by atoms with Crippen LogP contribution in [0, 0.1) is 0 Å². The number of para-hydroxylation sites is 2. The van der Waals surface area contributed by atoms with Crippen LogP contribution in [0.25, 0.3) is 10.9 Å². The summed E-state index contributed by atoms with van der Waals surface area (Å²) >= 11 is 0. The van der Waals surface area contributed by atoms with Gasteiger partial charge in [-0.05, 0) is 24.3 Å². The summed E-state index contributed by atoms with van der Waals surface area (Å²) in [7, 11) is 0. The molecule has 0 spiro atoms. The lowest BCUT2D eigenvalue weighted by Crippen LogP contribution is -2.16. The van der Waals surface area contributed by atoms with E-state index < -0.39 is 17.6 Å². The molecule has 0 saturated heterocycles. The van der Waals surface area contributed by atoms with Gasteiger partial charge in [-0.2, -0.15) is 13.2 Å². The molecule has 6 heteroatoms. The van der Waals surface area contributed by atoms with Gasteiger partial charge in [-0.15, -0.1) is 0 Å². The number of hydrogen-bond donors (Lipinski definition) is 2. The number of halogens is 3. The van der Waals surface area contributed by atoms with Crippen LogP contribution in [0.4, 0.5) is 18.9 Å². The van der Waals surface area contributed by atoms with Gasteiger partial charge < -0.3 is 10.3 Å². The Hall–Kier alpha value is -2.76. The van der Waals surface area contributed by atoms with Crippen LogP contribution in [-0.4, -0.2) is 10.9 Å². The number of aromatic amines is 1. The molecular formula is C16H11F3N2O. The maximum absolute atomic E-state index is 12.9. The lowest BCUT2D eigenvalue weighted by molar-refractivity contribution is -0.136. The first-order chi connectivity index (χ1) is 10.4. The lowest BCUT2D eigenvalue weighted by atomic mass is 10.1. The van der Waals surface area contributed by atoms with E-state index in [2.05, 4.69) is 10.3 Å². The molecule has 112 valence electrons. The van der Waals surface area contributed by atoms with Crippen molar-refractivity contribution in [2.45, 2.75) is 6.18 Å². The van der Waals surface area contributed by atoms with E-state index in [9.17, 15) is 18.0 Å². The Bertz CT molecular complexity index is 804. The highest BCUT2D eigenvalue weighted by Gasteiger charge is 2.33. The standard InChI is InChI=1S/C16H11F3N2O/c17-16(18,19)11-6-2-4-8-13(11)21-15(22)14-9-10-5-1-3-7-12(10)20-14/h1-9,20H,(H,21,22). The summed E-state index contributed by atoms with van der Waals surface area (Å²) in [5.74, 6) is -0.618. The monoisotopic (exact) mass is 304 g/mol. The van der Waals surface area contributed by atoms with Gasteiger partial charge in [-0.25, -0.2) is 0 Å². The molecule has 0 aliphatic rings. The van der Waals surface area contributed by atoms with Crippen molar-refractivity contribution in [2.75, 3.05) is 5.32 Å². The number of carbonyl (C=O) groups is 1. The maximum atomic E-state index is 12.9. The Balaban J connectivity index is 1.92. The second-order valence-corrected chi connectivity index (χ2v) is 4.77. The molecule has 0 unspecified atom stereocenters. The van der Waals surface area contributed by atoms with Crippen LogP contribution in [0.3, 0.4) is 0 Å². The van der Waals surface area contributed by atoms with E-state index in [1.165, 1.54) is 18.2 Å². The van der Waals surface area contributed by atoms with E-state index in [1.807, 2.05) is 12.1 Å². The van der Waals surface area contributed by atoms with Crippen LogP contribution in [0.2, 0.25) is 0 Å². The summed E-state index contributed by atoms with van der Waals surface area (Å²) in [4.78, 5) is 15.0. The van der Waals surface area contributed by atoms with Crippen molar-refractivity contribution in [1.82, 2.24) is 4.98 Å². The molecule has 0 atom stereocenters. The van der Waals surface area contributed by atoms with Gasteiger partial charge in [0.05, 0.1) is 11.3 Å².